The lowest BCUT2D eigenvalue weighted by molar-refractivity contribution is 0.140. The molecule has 2 nitrogen and oxygen atoms in total. The lowest BCUT2D eigenvalue weighted by Gasteiger charge is -2.36. The normalized spacial score (nSPS) is 19.9. The lowest BCUT2D eigenvalue weighted by atomic mass is 9.95. The molecular weight excluding hydrogens is 220 g/mol. The van der Waals surface area contributed by atoms with E-state index in [2.05, 4.69) is 54.5 Å². The summed E-state index contributed by atoms with van der Waals surface area (Å²) in [6.45, 7) is 6.08. The zero-order chi connectivity index (χ0) is 12.8. The molecule has 0 aliphatic carbocycles. The van der Waals surface area contributed by atoms with Crippen LogP contribution < -0.4 is 5.32 Å². The third-order valence-corrected chi connectivity index (χ3v) is 4.14. The van der Waals surface area contributed by atoms with E-state index in [1.54, 1.807) is 0 Å². The van der Waals surface area contributed by atoms with Crippen molar-refractivity contribution in [2.75, 3.05) is 26.7 Å². The number of piperidine rings is 1. The predicted molar refractivity (Wildman–Crippen MR) is 77.8 cm³/mol. The number of hydrogen-bond acceptors (Lipinski definition) is 2. The molecule has 1 N–H and O–H groups in total. The van der Waals surface area contributed by atoms with Crippen LogP contribution >= 0.6 is 0 Å². The summed E-state index contributed by atoms with van der Waals surface area (Å²) in [7, 11) is 2.06. The molecule has 1 aromatic carbocycles. The minimum atomic E-state index is 0.669. The molecule has 1 atom stereocenters. The largest absolute Gasteiger partial charge is 0.319 e. The highest BCUT2D eigenvalue weighted by Crippen LogP contribution is 2.19. The average molecular weight is 246 g/mol. The molecule has 18 heavy (non-hydrogen) atoms. The zero-order valence-electron chi connectivity index (χ0n) is 11.7. The monoisotopic (exact) mass is 246 g/mol. The van der Waals surface area contributed by atoms with Crippen LogP contribution in [0.15, 0.2) is 30.3 Å². The van der Waals surface area contributed by atoms with Gasteiger partial charge < -0.3 is 10.2 Å². The van der Waals surface area contributed by atoms with Crippen molar-refractivity contribution in [3.8, 4) is 0 Å². The summed E-state index contributed by atoms with van der Waals surface area (Å²) >= 11 is 0. The van der Waals surface area contributed by atoms with Crippen LogP contribution in [0.2, 0.25) is 0 Å². The van der Waals surface area contributed by atoms with Gasteiger partial charge in [0.05, 0.1) is 0 Å². The number of benzene rings is 1. The number of nitrogens with one attached hydrogen (secondary N) is 1. The van der Waals surface area contributed by atoms with Gasteiger partial charge in [0, 0.05) is 6.04 Å². The molecule has 2 heteroatoms. The first-order valence-corrected chi connectivity index (χ1v) is 7.22. The van der Waals surface area contributed by atoms with E-state index in [4.69, 9.17) is 0 Å². The summed E-state index contributed by atoms with van der Waals surface area (Å²) in [5.74, 6) is 0.884. The van der Waals surface area contributed by atoms with Crippen molar-refractivity contribution >= 4 is 0 Å². The summed E-state index contributed by atoms with van der Waals surface area (Å²) in [5.41, 5.74) is 1.46. The van der Waals surface area contributed by atoms with Crippen LogP contribution in [0.4, 0.5) is 0 Å². The summed E-state index contributed by atoms with van der Waals surface area (Å²) in [5, 5.41) is 3.30. The number of likely N-dealkylation sites (tertiary alicyclic amines) is 1. The lowest BCUT2D eigenvalue weighted by Crippen LogP contribution is -2.42. The van der Waals surface area contributed by atoms with Gasteiger partial charge >= 0.3 is 0 Å². The average Bonchev–Trinajstić information content (AvgIpc) is 2.41. The van der Waals surface area contributed by atoms with Crippen LogP contribution in [-0.4, -0.2) is 37.6 Å². The topological polar surface area (TPSA) is 15.3 Å². The maximum Gasteiger partial charge on any atom is 0.0107 e. The Bertz CT molecular complexity index is 328. The third kappa shape index (κ3) is 3.82. The van der Waals surface area contributed by atoms with E-state index >= 15 is 0 Å². The van der Waals surface area contributed by atoms with Gasteiger partial charge in [-0.05, 0) is 64.3 Å². The molecule has 100 valence electrons. The summed E-state index contributed by atoms with van der Waals surface area (Å²) in [6.07, 6.45) is 3.87. The molecule has 1 fully saturated rings. The molecule has 0 amide bonds. The van der Waals surface area contributed by atoms with Crippen LogP contribution in [0, 0.1) is 5.92 Å². The van der Waals surface area contributed by atoms with Gasteiger partial charge in [-0.2, -0.15) is 0 Å². The molecule has 1 heterocycles. The van der Waals surface area contributed by atoms with Gasteiger partial charge in [-0.25, -0.2) is 0 Å². The maximum absolute atomic E-state index is 3.30. The molecule has 2 rings (SSSR count). The highest BCUT2D eigenvalue weighted by molar-refractivity contribution is 5.15. The molecule has 1 aromatic rings. The van der Waals surface area contributed by atoms with Gasteiger partial charge in [0.1, 0.15) is 0 Å². The van der Waals surface area contributed by atoms with Gasteiger partial charge in [0.2, 0.25) is 0 Å². The van der Waals surface area contributed by atoms with Crippen molar-refractivity contribution < 1.29 is 0 Å². The maximum atomic E-state index is 3.30. The Balaban J connectivity index is 1.79. The Morgan fingerprint density at radius 3 is 2.50 bits per heavy atom. The smallest absolute Gasteiger partial charge is 0.0107 e. The Kier molecular flexibility index (Phi) is 5.21. The van der Waals surface area contributed by atoms with Gasteiger partial charge in [0.15, 0.2) is 0 Å². The summed E-state index contributed by atoms with van der Waals surface area (Å²) in [6, 6.07) is 11.5. The summed E-state index contributed by atoms with van der Waals surface area (Å²) < 4.78 is 0. The molecule has 1 saturated heterocycles. The Morgan fingerprint density at radius 1 is 1.22 bits per heavy atom. The fraction of sp³-hybridized carbons (Fsp3) is 0.625. The van der Waals surface area contributed by atoms with E-state index in [0.29, 0.717) is 6.04 Å². The standard InChI is InChI=1S/C16H26N2/c1-14(12-15-6-4-3-5-7-15)18-10-8-16(9-11-18)13-17-2/h3-7,14,16-17H,8-13H2,1-2H3. The van der Waals surface area contributed by atoms with Gasteiger partial charge in [-0.15, -0.1) is 0 Å². The van der Waals surface area contributed by atoms with E-state index < -0.39 is 0 Å². The fourth-order valence-corrected chi connectivity index (χ4v) is 2.97. The number of rotatable bonds is 5. The van der Waals surface area contributed by atoms with Crippen molar-refractivity contribution in [2.45, 2.75) is 32.2 Å². The van der Waals surface area contributed by atoms with Crippen molar-refractivity contribution in [1.82, 2.24) is 10.2 Å². The SMILES string of the molecule is CNCC1CCN(C(C)Cc2ccccc2)CC1. The second-order valence-electron chi connectivity index (χ2n) is 5.58. The fourth-order valence-electron chi connectivity index (χ4n) is 2.97. The molecular formula is C16H26N2. The quantitative estimate of drug-likeness (QED) is 0.859. The molecule has 1 unspecified atom stereocenters. The van der Waals surface area contributed by atoms with Crippen LogP contribution in [0.5, 0.6) is 0 Å². The van der Waals surface area contributed by atoms with E-state index in [1.165, 1.54) is 44.5 Å². The first kappa shape index (κ1) is 13.6. The Hall–Kier alpha value is -0.860. The molecule has 0 spiro atoms. The number of hydrogen-bond donors (Lipinski definition) is 1. The van der Waals surface area contributed by atoms with Gasteiger partial charge in [-0.3, -0.25) is 0 Å². The Labute approximate surface area is 111 Å². The van der Waals surface area contributed by atoms with Crippen molar-refractivity contribution in [3.63, 3.8) is 0 Å². The first-order valence-electron chi connectivity index (χ1n) is 7.22. The predicted octanol–water partition coefficient (Wildman–Crippen LogP) is 2.55. The highest BCUT2D eigenvalue weighted by atomic mass is 15.2. The van der Waals surface area contributed by atoms with E-state index in [1.807, 2.05) is 0 Å². The zero-order valence-corrected chi connectivity index (χ0v) is 11.7. The molecule has 0 radical (unpaired) electrons. The molecule has 1 aliphatic heterocycles. The van der Waals surface area contributed by atoms with Crippen LogP contribution in [-0.2, 0) is 6.42 Å². The van der Waals surface area contributed by atoms with Crippen LogP contribution in [0.25, 0.3) is 0 Å². The molecule has 1 aliphatic rings. The van der Waals surface area contributed by atoms with Crippen LogP contribution in [0.3, 0.4) is 0 Å². The van der Waals surface area contributed by atoms with Crippen molar-refractivity contribution in [3.05, 3.63) is 35.9 Å². The van der Waals surface area contributed by atoms with Gasteiger partial charge in [0.25, 0.3) is 0 Å². The number of nitrogens with zero attached hydrogens (tertiary/aromatic N) is 1. The Morgan fingerprint density at radius 2 is 1.89 bits per heavy atom. The van der Waals surface area contributed by atoms with Gasteiger partial charge in [-0.1, -0.05) is 30.3 Å². The minimum absolute atomic E-state index is 0.669. The first-order chi connectivity index (χ1) is 8.79. The van der Waals surface area contributed by atoms with Crippen molar-refractivity contribution in [2.24, 2.45) is 5.92 Å². The van der Waals surface area contributed by atoms with E-state index in [9.17, 15) is 0 Å². The molecule has 0 saturated carbocycles. The molecule has 0 bridgehead atoms. The molecule has 0 aromatic heterocycles. The third-order valence-electron chi connectivity index (χ3n) is 4.14. The second kappa shape index (κ2) is 6.91. The van der Waals surface area contributed by atoms with Crippen LogP contribution in [0.1, 0.15) is 25.3 Å². The summed E-state index contributed by atoms with van der Waals surface area (Å²) in [4.78, 5) is 2.65. The van der Waals surface area contributed by atoms with Crippen molar-refractivity contribution in [1.29, 1.82) is 0 Å². The minimum Gasteiger partial charge on any atom is -0.319 e. The van der Waals surface area contributed by atoms with E-state index in [0.717, 1.165) is 5.92 Å². The highest BCUT2D eigenvalue weighted by Gasteiger charge is 2.22. The van der Waals surface area contributed by atoms with E-state index in [-0.39, 0.29) is 0 Å². The second-order valence-corrected chi connectivity index (χ2v) is 5.58.